The molecule has 3 nitrogen and oxygen atoms in total. The second-order valence-corrected chi connectivity index (χ2v) is 5.08. The van der Waals surface area contributed by atoms with E-state index in [-0.39, 0.29) is 17.7 Å². The number of rotatable bonds is 2. The average Bonchev–Trinajstić information content (AvgIpc) is 2.32. The molecule has 1 aromatic carbocycles. The van der Waals surface area contributed by atoms with Gasteiger partial charge in [-0.2, -0.15) is 0 Å². The topological polar surface area (TPSA) is 51.8 Å². The zero-order chi connectivity index (χ0) is 13.3. The van der Waals surface area contributed by atoms with Gasteiger partial charge >= 0.3 is 0 Å². The zero-order valence-electron chi connectivity index (χ0n) is 10.1. The first kappa shape index (κ1) is 13.0. The molecule has 5 heteroatoms. The number of hydrogen-bond donors (Lipinski definition) is 1. The number of nitrogen functional groups attached to an aromatic ring is 1. The van der Waals surface area contributed by atoms with Gasteiger partial charge in [0.05, 0.1) is 15.9 Å². The van der Waals surface area contributed by atoms with E-state index in [0.29, 0.717) is 5.69 Å². The van der Waals surface area contributed by atoms with Crippen molar-refractivity contribution >= 4 is 21.9 Å². The summed E-state index contributed by atoms with van der Waals surface area (Å²) in [6, 6.07) is 6.14. The van der Waals surface area contributed by atoms with Crippen molar-refractivity contribution < 1.29 is 4.39 Å². The van der Waals surface area contributed by atoms with E-state index in [1.54, 1.807) is 12.1 Å². The molecular weight excluding hydrogens is 297 g/mol. The molecule has 0 unspecified atom stereocenters. The maximum atomic E-state index is 12.9. The molecule has 1 heterocycles. The molecule has 94 valence electrons. The molecular formula is C13H13BrFN3. The fourth-order valence-electron chi connectivity index (χ4n) is 1.66. The molecule has 0 radical (unpaired) electrons. The van der Waals surface area contributed by atoms with Gasteiger partial charge in [-0.05, 0) is 46.1 Å². The molecule has 0 aliphatic rings. The average molecular weight is 310 g/mol. The highest BCUT2D eigenvalue weighted by molar-refractivity contribution is 9.10. The van der Waals surface area contributed by atoms with Crippen molar-refractivity contribution in [1.29, 1.82) is 0 Å². The summed E-state index contributed by atoms with van der Waals surface area (Å²) < 4.78 is 13.7. The van der Waals surface area contributed by atoms with E-state index in [2.05, 4.69) is 25.9 Å². The van der Waals surface area contributed by atoms with Gasteiger partial charge in [-0.25, -0.2) is 14.4 Å². The summed E-state index contributed by atoms with van der Waals surface area (Å²) in [6.45, 7) is 4.06. The van der Waals surface area contributed by atoms with Gasteiger partial charge in [0.25, 0.3) is 0 Å². The molecule has 0 saturated heterocycles. The molecule has 2 aromatic rings. The van der Waals surface area contributed by atoms with Gasteiger partial charge in [0.1, 0.15) is 5.82 Å². The molecule has 0 amide bonds. The molecule has 18 heavy (non-hydrogen) atoms. The number of aromatic nitrogens is 2. The van der Waals surface area contributed by atoms with Crippen LogP contribution in [-0.4, -0.2) is 9.97 Å². The molecule has 0 aliphatic heterocycles. The summed E-state index contributed by atoms with van der Waals surface area (Å²) in [5.41, 5.74) is 8.06. The van der Waals surface area contributed by atoms with Crippen LogP contribution in [0.1, 0.15) is 25.5 Å². The van der Waals surface area contributed by atoms with E-state index in [1.807, 2.05) is 13.8 Å². The van der Waals surface area contributed by atoms with Crippen molar-refractivity contribution in [1.82, 2.24) is 9.97 Å². The standard InChI is InChI=1S/C13H13BrFN3/c1-7(2)11-10(14)12(18-13(16)17-11)8-3-5-9(15)6-4-8/h3-7H,1-2H3,(H2,16,17,18). The third-order valence-corrected chi connectivity index (χ3v) is 3.34. The van der Waals surface area contributed by atoms with Crippen molar-refractivity contribution in [3.05, 3.63) is 40.2 Å². The summed E-state index contributed by atoms with van der Waals surface area (Å²) in [5.74, 6) is 0.172. The van der Waals surface area contributed by atoms with Gasteiger partial charge in [-0.3, -0.25) is 0 Å². The van der Waals surface area contributed by atoms with Crippen molar-refractivity contribution in [2.75, 3.05) is 5.73 Å². The van der Waals surface area contributed by atoms with E-state index < -0.39 is 0 Å². The van der Waals surface area contributed by atoms with Crippen LogP contribution < -0.4 is 5.73 Å². The number of benzene rings is 1. The highest BCUT2D eigenvalue weighted by Crippen LogP contribution is 2.32. The summed E-state index contributed by atoms with van der Waals surface area (Å²) in [6.07, 6.45) is 0. The Morgan fingerprint density at radius 3 is 2.33 bits per heavy atom. The highest BCUT2D eigenvalue weighted by atomic mass is 79.9. The molecule has 1 aromatic heterocycles. The van der Waals surface area contributed by atoms with E-state index >= 15 is 0 Å². The predicted molar refractivity (Wildman–Crippen MR) is 73.6 cm³/mol. The van der Waals surface area contributed by atoms with Gasteiger partial charge in [-0.15, -0.1) is 0 Å². The predicted octanol–water partition coefficient (Wildman–Crippen LogP) is 3.75. The lowest BCUT2D eigenvalue weighted by molar-refractivity contribution is 0.628. The van der Waals surface area contributed by atoms with Crippen LogP contribution in [0.3, 0.4) is 0 Å². The normalized spacial score (nSPS) is 10.9. The second kappa shape index (κ2) is 5.02. The minimum absolute atomic E-state index is 0.223. The van der Waals surface area contributed by atoms with Crippen LogP contribution in [0.2, 0.25) is 0 Å². The molecule has 2 rings (SSSR count). The minimum Gasteiger partial charge on any atom is -0.368 e. The first-order valence-corrected chi connectivity index (χ1v) is 6.37. The van der Waals surface area contributed by atoms with E-state index in [9.17, 15) is 4.39 Å². The fourth-order valence-corrected chi connectivity index (χ4v) is 2.53. The third-order valence-electron chi connectivity index (χ3n) is 2.56. The number of hydrogen-bond acceptors (Lipinski definition) is 3. The van der Waals surface area contributed by atoms with Crippen molar-refractivity contribution in [2.45, 2.75) is 19.8 Å². The fraction of sp³-hybridized carbons (Fsp3) is 0.231. The van der Waals surface area contributed by atoms with Crippen LogP contribution in [-0.2, 0) is 0 Å². The molecule has 2 N–H and O–H groups in total. The summed E-state index contributed by atoms with van der Waals surface area (Å²) in [7, 11) is 0. The molecule has 0 aliphatic carbocycles. The Hall–Kier alpha value is -1.49. The SMILES string of the molecule is CC(C)c1nc(N)nc(-c2ccc(F)cc2)c1Br. The number of halogens is 2. The molecule has 0 saturated carbocycles. The van der Waals surface area contributed by atoms with Gasteiger partial charge in [0, 0.05) is 5.56 Å². The van der Waals surface area contributed by atoms with Crippen LogP contribution >= 0.6 is 15.9 Å². The van der Waals surface area contributed by atoms with Crippen molar-refractivity contribution in [3.8, 4) is 11.3 Å². The monoisotopic (exact) mass is 309 g/mol. The number of anilines is 1. The first-order valence-electron chi connectivity index (χ1n) is 5.58. The Kier molecular flexibility index (Phi) is 3.61. The Morgan fingerprint density at radius 1 is 1.17 bits per heavy atom. The molecule has 0 bridgehead atoms. The van der Waals surface area contributed by atoms with E-state index in [1.165, 1.54) is 12.1 Å². The van der Waals surface area contributed by atoms with Crippen LogP contribution in [0, 0.1) is 5.82 Å². The maximum Gasteiger partial charge on any atom is 0.220 e. The van der Waals surface area contributed by atoms with Crippen LogP contribution in [0.25, 0.3) is 11.3 Å². The van der Waals surface area contributed by atoms with Crippen LogP contribution in [0.4, 0.5) is 10.3 Å². The van der Waals surface area contributed by atoms with Crippen LogP contribution in [0.5, 0.6) is 0 Å². The lowest BCUT2D eigenvalue weighted by atomic mass is 10.1. The second-order valence-electron chi connectivity index (χ2n) is 4.29. The maximum absolute atomic E-state index is 12.9. The zero-order valence-corrected chi connectivity index (χ0v) is 11.7. The highest BCUT2D eigenvalue weighted by Gasteiger charge is 2.15. The lowest BCUT2D eigenvalue weighted by Crippen LogP contribution is -2.04. The number of nitrogens with zero attached hydrogens (tertiary/aromatic N) is 2. The third kappa shape index (κ3) is 2.51. The van der Waals surface area contributed by atoms with E-state index in [0.717, 1.165) is 15.7 Å². The minimum atomic E-state index is -0.277. The summed E-state index contributed by atoms with van der Waals surface area (Å²) in [5, 5.41) is 0. The van der Waals surface area contributed by atoms with Gasteiger partial charge in [0.2, 0.25) is 5.95 Å². The summed E-state index contributed by atoms with van der Waals surface area (Å²) in [4.78, 5) is 8.43. The van der Waals surface area contributed by atoms with Gasteiger partial charge < -0.3 is 5.73 Å². The van der Waals surface area contributed by atoms with Crippen LogP contribution in [0.15, 0.2) is 28.7 Å². The molecule has 0 atom stereocenters. The Labute approximate surface area is 113 Å². The lowest BCUT2D eigenvalue weighted by Gasteiger charge is -2.12. The van der Waals surface area contributed by atoms with Crippen molar-refractivity contribution in [2.24, 2.45) is 0 Å². The molecule has 0 spiro atoms. The Bertz CT molecular complexity index is 567. The van der Waals surface area contributed by atoms with Gasteiger partial charge in [-0.1, -0.05) is 13.8 Å². The Balaban J connectivity index is 2.60. The quantitative estimate of drug-likeness (QED) is 0.919. The van der Waals surface area contributed by atoms with Gasteiger partial charge in [0.15, 0.2) is 0 Å². The number of nitrogens with two attached hydrogens (primary N) is 1. The summed E-state index contributed by atoms with van der Waals surface area (Å²) >= 11 is 3.50. The Morgan fingerprint density at radius 2 is 1.78 bits per heavy atom. The van der Waals surface area contributed by atoms with E-state index in [4.69, 9.17) is 5.73 Å². The van der Waals surface area contributed by atoms with Crippen molar-refractivity contribution in [3.63, 3.8) is 0 Å². The molecule has 0 fully saturated rings. The largest absolute Gasteiger partial charge is 0.368 e. The smallest absolute Gasteiger partial charge is 0.220 e. The first-order chi connectivity index (χ1) is 8.49.